The number of benzene rings is 2. The van der Waals surface area contributed by atoms with Crippen molar-refractivity contribution in [2.24, 2.45) is 0 Å². The van der Waals surface area contributed by atoms with Crippen LogP contribution in [0.5, 0.6) is 0 Å². The molecule has 3 rings (SSSR count). The first-order valence-corrected chi connectivity index (χ1v) is 7.53. The average Bonchev–Trinajstić information content (AvgIpc) is 2.93. The van der Waals surface area contributed by atoms with Crippen LogP contribution in [-0.2, 0) is 0 Å². The molecule has 0 aliphatic rings. The van der Waals surface area contributed by atoms with Gasteiger partial charge in [-0.3, -0.25) is 0 Å². The lowest BCUT2D eigenvalue weighted by Crippen LogP contribution is -1.84. The predicted molar refractivity (Wildman–Crippen MR) is 88.9 cm³/mol. The number of rotatable bonds is 3. The SMILES string of the molecule is Cc1ccc(/C(=C\c2ccccc2)c2ccccc2)s1. The Morgan fingerprint density at radius 3 is 2.05 bits per heavy atom. The zero-order valence-corrected chi connectivity index (χ0v) is 12.2. The van der Waals surface area contributed by atoms with Crippen LogP contribution in [0, 0.1) is 6.92 Å². The molecule has 0 unspecified atom stereocenters. The van der Waals surface area contributed by atoms with Crippen molar-refractivity contribution in [1.82, 2.24) is 0 Å². The highest BCUT2D eigenvalue weighted by atomic mass is 32.1. The summed E-state index contributed by atoms with van der Waals surface area (Å²) < 4.78 is 0. The van der Waals surface area contributed by atoms with E-state index in [4.69, 9.17) is 0 Å². The second kappa shape index (κ2) is 5.89. The first kappa shape index (κ1) is 12.9. The first-order chi connectivity index (χ1) is 9.83. The van der Waals surface area contributed by atoms with Gasteiger partial charge in [0.05, 0.1) is 0 Å². The molecule has 0 atom stereocenters. The molecule has 0 radical (unpaired) electrons. The molecule has 0 N–H and O–H groups in total. The Bertz CT molecular complexity index is 706. The number of thiophene rings is 1. The van der Waals surface area contributed by atoms with Crippen molar-refractivity contribution in [2.75, 3.05) is 0 Å². The predicted octanol–water partition coefficient (Wildman–Crippen LogP) is 5.65. The van der Waals surface area contributed by atoms with Gasteiger partial charge >= 0.3 is 0 Å². The third kappa shape index (κ3) is 2.89. The molecular formula is C19H16S. The van der Waals surface area contributed by atoms with Gasteiger partial charge in [0, 0.05) is 9.75 Å². The maximum absolute atomic E-state index is 2.26. The third-order valence-electron chi connectivity index (χ3n) is 3.20. The average molecular weight is 276 g/mol. The zero-order valence-electron chi connectivity index (χ0n) is 11.4. The lowest BCUT2D eigenvalue weighted by atomic mass is 10.0. The molecule has 0 nitrogen and oxygen atoms in total. The van der Waals surface area contributed by atoms with Gasteiger partial charge in [-0.25, -0.2) is 0 Å². The van der Waals surface area contributed by atoms with Crippen LogP contribution in [0.15, 0.2) is 72.8 Å². The Morgan fingerprint density at radius 1 is 0.800 bits per heavy atom. The molecule has 0 aliphatic carbocycles. The highest BCUT2D eigenvalue weighted by molar-refractivity contribution is 7.13. The molecule has 0 aliphatic heterocycles. The van der Waals surface area contributed by atoms with Crippen molar-refractivity contribution in [3.05, 3.63) is 93.7 Å². The Kier molecular flexibility index (Phi) is 3.80. The Balaban J connectivity index is 2.11. The van der Waals surface area contributed by atoms with E-state index >= 15 is 0 Å². The van der Waals surface area contributed by atoms with Gasteiger partial charge in [0.1, 0.15) is 0 Å². The van der Waals surface area contributed by atoms with E-state index in [0.717, 1.165) is 0 Å². The molecule has 3 aromatic rings. The van der Waals surface area contributed by atoms with Gasteiger partial charge in [-0.05, 0) is 41.8 Å². The topological polar surface area (TPSA) is 0 Å². The van der Waals surface area contributed by atoms with E-state index in [1.165, 1.54) is 26.5 Å². The van der Waals surface area contributed by atoms with Gasteiger partial charge < -0.3 is 0 Å². The van der Waals surface area contributed by atoms with Gasteiger partial charge in [-0.2, -0.15) is 0 Å². The fourth-order valence-electron chi connectivity index (χ4n) is 2.21. The van der Waals surface area contributed by atoms with Crippen molar-refractivity contribution in [3.63, 3.8) is 0 Å². The van der Waals surface area contributed by atoms with E-state index in [0.29, 0.717) is 0 Å². The fraction of sp³-hybridized carbons (Fsp3) is 0.0526. The van der Waals surface area contributed by atoms with Crippen LogP contribution in [0.2, 0.25) is 0 Å². The van der Waals surface area contributed by atoms with Crippen LogP contribution in [-0.4, -0.2) is 0 Å². The van der Waals surface area contributed by atoms with E-state index in [1.807, 2.05) is 11.3 Å². The third-order valence-corrected chi connectivity index (χ3v) is 4.24. The Morgan fingerprint density at radius 2 is 1.45 bits per heavy atom. The fourth-order valence-corrected chi connectivity index (χ4v) is 3.12. The molecule has 2 aromatic carbocycles. The van der Waals surface area contributed by atoms with Crippen molar-refractivity contribution >= 4 is 23.0 Å². The lowest BCUT2D eigenvalue weighted by molar-refractivity contribution is 1.60. The molecule has 0 bridgehead atoms. The summed E-state index contributed by atoms with van der Waals surface area (Å²) in [5.74, 6) is 0. The van der Waals surface area contributed by atoms with Crippen molar-refractivity contribution < 1.29 is 0 Å². The van der Waals surface area contributed by atoms with Crippen LogP contribution in [0.3, 0.4) is 0 Å². The second-order valence-corrected chi connectivity index (χ2v) is 6.03. The van der Waals surface area contributed by atoms with E-state index < -0.39 is 0 Å². The summed E-state index contributed by atoms with van der Waals surface area (Å²) in [6.07, 6.45) is 2.26. The summed E-state index contributed by atoms with van der Waals surface area (Å²) in [6, 6.07) is 25.5. The van der Waals surface area contributed by atoms with Gasteiger partial charge in [0.15, 0.2) is 0 Å². The van der Waals surface area contributed by atoms with E-state index in [1.54, 1.807) is 0 Å². The molecule has 0 saturated heterocycles. The molecule has 0 amide bonds. The standard InChI is InChI=1S/C19H16S/c1-15-12-13-19(20-15)18(17-10-6-3-7-11-17)14-16-8-4-2-5-9-16/h2-14H,1H3/b18-14-. The van der Waals surface area contributed by atoms with Gasteiger partial charge in [-0.1, -0.05) is 60.7 Å². The quantitative estimate of drug-likeness (QED) is 0.543. The molecule has 1 heteroatoms. The summed E-state index contributed by atoms with van der Waals surface area (Å²) in [4.78, 5) is 2.66. The molecule has 1 aromatic heterocycles. The minimum Gasteiger partial charge on any atom is -0.141 e. The van der Waals surface area contributed by atoms with E-state index in [-0.39, 0.29) is 0 Å². The number of hydrogen-bond acceptors (Lipinski definition) is 1. The summed E-state index contributed by atoms with van der Waals surface area (Å²) in [6.45, 7) is 2.15. The Hall–Kier alpha value is -2.12. The van der Waals surface area contributed by atoms with Crippen molar-refractivity contribution in [2.45, 2.75) is 6.92 Å². The normalized spacial score (nSPS) is 11.6. The molecule has 20 heavy (non-hydrogen) atoms. The van der Waals surface area contributed by atoms with Crippen LogP contribution in [0.25, 0.3) is 11.6 Å². The van der Waals surface area contributed by atoms with Gasteiger partial charge in [-0.15, -0.1) is 11.3 Å². The monoisotopic (exact) mass is 276 g/mol. The molecule has 0 spiro atoms. The van der Waals surface area contributed by atoms with Gasteiger partial charge in [0.2, 0.25) is 0 Å². The number of hydrogen-bond donors (Lipinski definition) is 0. The smallest absolute Gasteiger partial charge is 0.0351 e. The summed E-state index contributed by atoms with van der Waals surface area (Å²) in [5, 5.41) is 0. The van der Waals surface area contributed by atoms with E-state index in [9.17, 15) is 0 Å². The molecule has 0 saturated carbocycles. The van der Waals surface area contributed by atoms with Crippen LogP contribution in [0.4, 0.5) is 0 Å². The van der Waals surface area contributed by atoms with Gasteiger partial charge in [0.25, 0.3) is 0 Å². The van der Waals surface area contributed by atoms with Crippen LogP contribution < -0.4 is 0 Å². The Labute approximate surface area is 124 Å². The minimum absolute atomic E-state index is 1.23. The first-order valence-electron chi connectivity index (χ1n) is 6.72. The lowest BCUT2D eigenvalue weighted by Gasteiger charge is -2.06. The van der Waals surface area contributed by atoms with Crippen LogP contribution in [0.1, 0.15) is 20.9 Å². The number of aryl methyl sites for hydroxylation is 1. The zero-order chi connectivity index (χ0) is 13.8. The maximum Gasteiger partial charge on any atom is 0.0351 e. The van der Waals surface area contributed by atoms with Crippen LogP contribution >= 0.6 is 11.3 Å². The molecular weight excluding hydrogens is 260 g/mol. The summed E-state index contributed by atoms with van der Waals surface area (Å²) in [5.41, 5.74) is 3.78. The van der Waals surface area contributed by atoms with E-state index in [2.05, 4.69) is 85.8 Å². The highest BCUT2D eigenvalue weighted by Crippen LogP contribution is 2.31. The largest absolute Gasteiger partial charge is 0.141 e. The highest BCUT2D eigenvalue weighted by Gasteiger charge is 2.07. The summed E-state index contributed by atoms with van der Waals surface area (Å²) in [7, 11) is 0. The minimum atomic E-state index is 1.23. The molecule has 98 valence electrons. The molecule has 0 fully saturated rings. The van der Waals surface area contributed by atoms with Crippen molar-refractivity contribution in [3.8, 4) is 0 Å². The molecule has 1 heterocycles. The second-order valence-electron chi connectivity index (χ2n) is 4.75. The maximum atomic E-state index is 2.26. The van der Waals surface area contributed by atoms with Crippen molar-refractivity contribution in [1.29, 1.82) is 0 Å². The summed E-state index contributed by atoms with van der Waals surface area (Å²) >= 11 is 1.84.